The van der Waals surface area contributed by atoms with Crippen LogP contribution < -0.4 is 18.4 Å². The smallest absolute Gasteiger partial charge is 0.490 e. The first-order valence-electron chi connectivity index (χ1n) is 14.6. The lowest BCUT2D eigenvalue weighted by Gasteiger charge is -2.38. The molecule has 4 nitrogen and oxygen atoms in total. The van der Waals surface area contributed by atoms with Crippen LogP contribution in [-0.2, 0) is 37.1 Å². The van der Waals surface area contributed by atoms with E-state index in [1.165, 1.54) is 20.8 Å². The lowest BCUT2D eigenvalue weighted by Crippen LogP contribution is -2.50. The van der Waals surface area contributed by atoms with E-state index < -0.39 is 117 Å². The zero-order valence-electron chi connectivity index (χ0n) is 26.8. The molecule has 0 heterocycles. The Hall–Kier alpha value is -4.18. The molecule has 0 aliphatic rings. The van der Waals surface area contributed by atoms with Crippen LogP contribution in [0.15, 0.2) is 48.5 Å². The second-order valence-corrected chi connectivity index (χ2v) is 11.1. The van der Waals surface area contributed by atoms with Gasteiger partial charge >= 0.3 is 44.4 Å². The van der Waals surface area contributed by atoms with Crippen LogP contribution in [0.4, 0.5) is 84.7 Å². The third-order valence-electron chi connectivity index (χ3n) is 7.81. The first kappa shape index (κ1) is 43.2. The fourth-order valence-corrected chi connectivity index (χ4v) is 5.10. The number of nitrogens with zero attached hydrogens (tertiary/aromatic N) is 1. The summed E-state index contributed by atoms with van der Waals surface area (Å²) < 4.78 is 262. The van der Waals surface area contributed by atoms with Gasteiger partial charge in [-0.1, -0.05) is 0 Å². The number of hydrogen-bond acceptors (Lipinski definition) is 3. The van der Waals surface area contributed by atoms with Gasteiger partial charge in [-0.05, 0) is 69.3 Å². The first-order chi connectivity index (χ1) is 23.9. The summed E-state index contributed by atoms with van der Waals surface area (Å²) in [5.74, 6) is -4.69. The van der Waals surface area contributed by atoms with E-state index in [-0.39, 0.29) is 56.0 Å². The van der Waals surface area contributed by atoms with Crippen molar-refractivity contribution in [2.45, 2.75) is 57.8 Å². The minimum Gasteiger partial charge on any atom is -0.490 e. The van der Waals surface area contributed by atoms with Crippen molar-refractivity contribution >= 4 is 13.0 Å². The summed E-state index contributed by atoms with van der Waals surface area (Å²) in [6.45, 7) is 2.82. The molecule has 0 amide bonds. The zero-order chi connectivity index (χ0) is 40.8. The van der Waals surface area contributed by atoms with Gasteiger partial charge in [0.2, 0.25) is 0 Å². The van der Waals surface area contributed by atoms with E-state index >= 15 is 0 Å². The average molecular weight is 798 g/mol. The van der Waals surface area contributed by atoms with Crippen LogP contribution in [0.2, 0.25) is 0 Å². The van der Waals surface area contributed by atoms with Crippen molar-refractivity contribution in [1.82, 2.24) is 4.48 Å². The van der Waals surface area contributed by atoms with E-state index in [2.05, 4.69) is 0 Å². The number of benzene rings is 3. The second kappa shape index (κ2) is 14.6. The summed E-state index contributed by atoms with van der Waals surface area (Å²) in [6.07, 6.45) is -33.5. The zero-order valence-corrected chi connectivity index (χ0v) is 26.8. The number of rotatable bonds is 10. The van der Waals surface area contributed by atoms with E-state index in [4.69, 9.17) is 14.0 Å². The van der Waals surface area contributed by atoms with Gasteiger partial charge in [0.05, 0.1) is 47.5 Å². The summed E-state index contributed by atoms with van der Waals surface area (Å²) in [5.41, 5.74) is -13.6. The van der Waals surface area contributed by atoms with Gasteiger partial charge in [0.25, 0.3) is 0 Å². The van der Waals surface area contributed by atoms with Crippen molar-refractivity contribution in [2.75, 3.05) is 19.6 Å². The van der Waals surface area contributed by atoms with Crippen LogP contribution in [0.5, 0.6) is 17.2 Å². The Morgan fingerprint density at radius 2 is 0.717 bits per heavy atom. The van der Waals surface area contributed by atoms with Crippen LogP contribution in [0.3, 0.4) is 0 Å². The SMILES string of the molecule is CC[N+](CC)(CC)c1c(OB(Oc2cc(C(F)(F)F)cc(C(F)(F)F)c2)Oc2cc(C(F)(F)F)cc(C(F)(F)F)c2)cc(C(F)(F)F)cc1C(F)(F)F. The molecule has 23 heteroatoms. The maximum Gasteiger partial charge on any atom is 0.864 e. The number of halogens is 18. The Morgan fingerprint density at radius 1 is 0.415 bits per heavy atom. The Kier molecular flexibility index (Phi) is 11.9. The van der Waals surface area contributed by atoms with Gasteiger partial charge in [-0.25, -0.2) is 0 Å². The minimum atomic E-state index is -5.62. The molecule has 0 radical (unpaired) electrons. The van der Waals surface area contributed by atoms with Crippen molar-refractivity contribution in [3.05, 3.63) is 81.9 Å². The number of quaternary nitrogens is 1. The number of hydrogen-bond donors (Lipinski definition) is 0. The molecule has 3 aromatic rings. The Morgan fingerprint density at radius 3 is 0.981 bits per heavy atom. The monoisotopic (exact) mass is 798 g/mol. The van der Waals surface area contributed by atoms with E-state index in [9.17, 15) is 79.0 Å². The van der Waals surface area contributed by atoms with Crippen molar-refractivity contribution in [2.24, 2.45) is 0 Å². The molecule has 53 heavy (non-hydrogen) atoms. The molecule has 0 saturated carbocycles. The van der Waals surface area contributed by atoms with Crippen molar-refractivity contribution in [3.63, 3.8) is 0 Å². The van der Waals surface area contributed by atoms with Crippen molar-refractivity contribution in [3.8, 4) is 17.2 Å². The van der Waals surface area contributed by atoms with Gasteiger partial charge in [0, 0.05) is 0 Å². The number of alkyl halides is 18. The molecule has 0 aliphatic carbocycles. The van der Waals surface area contributed by atoms with Crippen LogP contribution in [0.25, 0.3) is 0 Å². The van der Waals surface area contributed by atoms with Gasteiger partial charge in [-0.2, -0.15) is 79.0 Å². The molecule has 0 spiro atoms. The van der Waals surface area contributed by atoms with E-state index in [1.807, 2.05) is 0 Å². The van der Waals surface area contributed by atoms with Gasteiger partial charge < -0.3 is 14.0 Å². The molecule has 3 rings (SSSR count). The summed E-state index contributed by atoms with van der Waals surface area (Å²) in [4.78, 5) is 0. The Balaban J connectivity index is 2.46. The highest BCUT2D eigenvalue weighted by atomic mass is 19.4. The molecular weight excluding hydrogens is 775 g/mol. The molecule has 3 aromatic carbocycles. The predicted octanol–water partition coefficient (Wildman–Crippen LogP) is 11.7. The standard InChI is InChI=1S/C30H23BF18NO3/c1-4-50(5-2,6-3)24-22(30(47,48)49)13-19(29(44,45)46)14-23(24)53-31(51-20-9-15(25(32,33)34)7-16(10-20)26(35,36)37)52-21-11-17(27(38,39)40)8-18(12-21)28(41,42)43/h7-14H,4-6H2,1-3H3/q+1. The third kappa shape index (κ3) is 10.3. The molecule has 0 aromatic heterocycles. The molecule has 0 unspecified atom stereocenters. The van der Waals surface area contributed by atoms with Crippen molar-refractivity contribution < 1.29 is 93.0 Å². The minimum absolute atomic E-state index is 0.0845. The van der Waals surface area contributed by atoms with Crippen molar-refractivity contribution in [1.29, 1.82) is 0 Å². The molecule has 0 fully saturated rings. The van der Waals surface area contributed by atoms with Gasteiger partial charge in [0.1, 0.15) is 17.1 Å². The maximum atomic E-state index is 14.5. The molecule has 0 bridgehead atoms. The lowest BCUT2D eigenvalue weighted by molar-refractivity contribution is -0.144. The first-order valence-corrected chi connectivity index (χ1v) is 14.6. The highest BCUT2D eigenvalue weighted by molar-refractivity contribution is 6.39. The average Bonchev–Trinajstić information content (AvgIpc) is 2.99. The highest BCUT2D eigenvalue weighted by Crippen LogP contribution is 2.49. The Labute approximate surface area is 287 Å². The largest absolute Gasteiger partial charge is 0.864 e. The second-order valence-electron chi connectivity index (χ2n) is 11.1. The summed E-state index contributed by atoms with van der Waals surface area (Å²) >= 11 is 0. The third-order valence-corrected chi connectivity index (χ3v) is 7.81. The van der Waals surface area contributed by atoms with Crippen LogP contribution >= 0.6 is 0 Å². The van der Waals surface area contributed by atoms with E-state index in [0.29, 0.717) is 0 Å². The van der Waals surface area contributed by atoms with Crippen LogP contribution in [-0.4, -0.2) is 27.0 Å². The lowest BCUT2D eigenvalue weighted by atomic mass is 10.0. The quantitative estimate of drug-likeness (QED) is 0.116. The molecule has 0 N–H and O–H groups in total. The molecule has 0 saturated heterocycles. The normalized spacial score (nSPS) is 13.6. The fraction of sp³-hybridized carbons (Fsp3) is 0.400. The van der Waals surface area contributed by atoms with Crippen LogP contribution in [0.1, 0.15) is 54.2 Å². The van der Waals surface area contributed by atoms with Gasteiger partial charge in [-0.15, -0.1) is 0 Å². The maximum absolute atomic E-state index is 14.5. The van der Waals surface area contributed by atoms with E-state index in [1.54, 1.807) is 0 Å². The summed E-state index contributed by atoms with van der Waals surface area (Å²) in [7, 11) is -3.26. The van der Waals surface area contributed by atoms with Gasteiger partial charge in [0.15, 0.2) is 11.4 Å². The topological polar surface area (TPSA) is 27.7 Å². The molecule has 0 atom stereocenters. The molecular formula is C30H23BF18NO3+. The Bertz CT molecular complexity index is 1600. The summed E-state index contributed by atoms with van der Waals surface area (Å²) in [5, 5.41) is 0. The van der Waals surface area contributed by atoms with Gasteiger partial charge in [-0.3, -0.25) is 4.48 Å². The summed E-state index contributed by atoms with van der Waals surface area (Å²) in [6, 6.07) is -1.98. The molecule has 294 valence electrons. The highest BCUT2D eigenvalue weighted by Gasteiger charge is 2.48. The van der Waals surface area contributed by atoms with E-state index in [0.717, 1.165) is 0 Å². The molecule has 0 aliphatic heterocycles. The fourth-order valence-electron chi connectivity index (χ4n) is 5.10. The predicted molar refractivity (Wildman–Crippen MR) is 150 cm³/mol. The van der Waals surface area contributed by atoms with Crippen LogP contribution in [0, 0.1) is 0 Å².